The molecule has 3 rings (SSSR count). The molecule has 124 valence electrons. The van der Waals surface area contributed by atoms with Gasteiger partial charge in [0, 0.05) is 22.4 Å². The van der Waals surface area contributed by atoms with Gasteiger partial charge < -0.3 is 9.47 Å². The molecule has 0 saturated carbocycles. The summed E-state index contributed by atoms with van der Waals surface area (Å²) in [5.74, 6) is 0.787. The lowest BCUT2D eigenvalue weighted by Crippen LogP contribution is -2.17. The van der Waals surface area contributed by atoms with Crippen LogP contribution in [-0.2, 0) is 20.8 Å². The van der Waals surface area contributed by atoms with Gasteiger partial charge in [0.1, 0.15) is 0 Å². The number of aryl methyl sites for hydroxylation is 1. The third kappa shape index (κ3) is 3.94. The smallest absolute Gasteiger partial charge is 0.316 e. The van der Waals surface area contributed by atoms with Crippen LogP contribution in [0.5, 0.6) is 0 Å². The van der Waals surface area contributed by atoms with Gasteiger partial charge in [0.25, 0.3) is 0 Å². The van der Waals surface area contributed by atoms with Crippen molar-refractivity contribution in [1.29, 1.82) is 0 Å². The van der Waals surface area contributed by atoms with Gasteiger partial charge in [0.05, 0.1) is 25.5 Å². The predicted octanol–water partition coefficient (Wildman–Crippen LogP) is 2.76. The van der Waals surface area contributed by atoms with E-state index in [0.717, 1.165) is 36.0 Å². The van der Waals surface area contributed by atoms with Gasteiger partial charge in [-0.1, -0.05) is 11.8 Å². The van der Waals surface area contributed by atoms with Gasteiger partial charge in [-0.25, -0.2) is 0 Å². The van der Waals surface area contributed by atoms with Crippen molar-refractivity contribution in [2.75, 3.05) is 19.5 Å². The molecule has 1 saturated heterocycles. The monoisotopic (exact) mass is 353 g/mol. The van der Waals surface area contributed by atoms with Gasteiger partial charge in [-0.2, -0.15) is 0 Å². The minimum atomic E-state index is -0.269. The van der Waals surface area contributed by atoms with Crippen LogP contribution in [0.15, 0.2) is 16.6 Å². The second kappa shape index (κ2) is 7.46. The van der Waals surface area contributed by atoms with Gasteiger partial charge >= 0.3 is 5.97 Å². The van der Waals surface area contributed by atoms with Crippen LogP contribution < -0.4 is 0 Å². The highest BCUT2D eigenvalue weighted by atomic mass is 32.2. The van der Waals surface area contributed by atoms with Crippen LogP contribution in [-0.4, -0.2) is 46.3 Å². The molecule has 1 aliphatic rings. The molecule has 6 nitrogen and oxygen atoms in total. The summed E-state index contributed by atoms with van der Waals surface area (Å²) in [6.07, 6.45) is 2.31. The highest BCUT2D eigenvalue weighted by Gasteiger charge is 2.22. The largest absolute Gasteiger partial charge is 0.468 e. The third-order valence-corrected chi connectivity index (χ3v) is 5.46. The molecule has 2 aromatic heterocycles. The molecule has 8 heteroatoms. The molecule has 23 heavy (non-hydrogen) atoms. The number of carbonyl (C=O) groups excluding carboxylic acids is 1. The van der Waals surface area contributed by atoms with Crippen LogP contribution in [0.4, 0.5) is 0 Å². The topological polar surface area (TPSA) is 66.2 Å². The SMILES string of the molecule is COC(=O)CSc1nnc(-c2csc(C)c2)n1CC1CCCO1. The van der Waals surface area contributed by atoms with Crippen molar-refractivity contribution < 1.29 is 14.3 Å². The Labute approximate surface area is 143 Å². The van der Waals surface area contributed by atoms with Crippen LogP contribution >= 0.6 is 23.1 Å². The van der Waals surface area contributed by atoms with Gasteiger partial charge in [-0.05, 0) is 25.8 Å². The number of aromatic nitrogens is 3. The van der Waals surface area contributed by atoms with E-state index < -0.39 is 0 Å². The highest BCUT2D eigenvalue weighted by molar-refractivity contribution is 7.99. The number of hydrogen-bond donors (Lipinski definition) is 0. The first-order chi connectivity index (χ1) is 11.2. The quantitative estimate of drug-likeness (QED) is 0.588. The van der Waals surface area contributed by atoms with Crippen molar-refractivity contribution in [1.82, 2.24) is 14.8 Å². The summed E-state index contributed by atoms with van der Waals surface area (Å²) >= 11 is 3.04. The molecule has 0 radical (unpaired) electrons. The first kappa shape index (κ1) is 16.5. The third-order valence-electron chi connectivity index (χ3n) is 3.66. The van der Waals surface area contributed by atoms with E-state index in [9.17, 15) is 4.79 Å². The molecular weight excluding hydrogens is 334 g/mol. The summed E-state index contributed by atoms with van der Waals surface area (Å²) < 4.78 is 12.5. The Morgan fingerprint density at radius 2 is 2.43 bits per heavy atom. The lowest BCUT2D eigenvalue weighted by molar-refractivity contribution is -0.137. The maximum Gasteiger partial charge on any atom is 0.316 e. The lowest BCUT2D eigenvalue weighted by Gasteiger charge is -2.14. The normalized spacial score (nSPS) is 17.6. The molecule has 0 bridgehead atoms. The van der Waals surface area contributed by atoms with Crippen molar-refractivity contribution >= 4 is 29.1 Å². The maximum absolute atomic E-state index is 11.4. The molecule has 1 unspecified atom stereocenters. The van der Waals surface area contributed by atoms with Crippen LogP contribution in [0.1, 0.15) is 17.7 Å². The molecular formula is C15H19N3O3S2. The molecule has 2 aromatic rings. The van der Waals surface area contributed by atoms with E-state index in [1.807, 2.05) is 0 Å². The molecule has 0 N–H and O–H groups in total. The molecule has 3 heterocycles. The maximum atomic E-state index is 11.4. The standard InChI is InChI=1S/C15H19N3O3S2/c1-10-6-11(8-22-10)14-16-17-15(23-9-13(19)20-2)18(14)7-12-4-3-5-21-12/h6,8,12H,3-5,7,9H2,1-2H3. The Hall–Kier alpha value is -1.38. The summed E-state index contributed by atoms with van der Waals surface area (Å²) in [4.78, 5) is 12.6. The second-order valence-corrected chi connectivity index (χ2v) is 7.42. The van der Waals surface area contributed by atoms with Crippen molar-refractivity contribution in [3.05, 3.63) is 16.3 Å². The second-order valence-electron chi connectivity index (χ2n) is 5.36. The van der Waals surface area contributed by atoms with E-state index in [1.54, 1.807) is 11.3 Å². The number of rotatable bonds is 6. The van der Waals surface area contributed by atoms with E-state index in [0.29, 0.717) is 6.54 Å². The minimum absolute atomic E-state index is 0.182. The Bertz CT molecular complexity index is 677. The van der Waals surface area contributed by atoms with Crippen LogP contribution in [0.3, 0.4) is 0 Å². The zero-order valence-electron chi connectivity index (χ0n) is 13.2. The number of methoxy groups -OCH3 is 1. The summed E-state index contributed by atoms with van der Waals surface area (Å²) in [5.41, 5.74) is 1.06. The van der Waals surface area contributed by atoms with Crippen molar-refractivity contribution in [3.63, 3.8) is 0 Å². The van der Waals surface area contributed by atoms with Gasteiger partial charge in [-0.3, -0.25) is 9.36 Å². The van der Waals surface area contributed by atoms with E-state index in [-0.39, 0.29) is 17.8 Å². The Kier molecular flexibility index (Phi) is 5.34. The van der Waals surface area contributed by atoms with E-state index in [1.165, 1.54) is 23.7 Å². The Morgan fingerprint density at radius 1 is 1.57 bits per heavy atom. The minimum Gasteiger partial charge on any atom is -0.468 e. The fourth-order valence-electron chi connectivity index (χ4n) is 2.51. The molecule has 1 aliphatic heterocycles. The van der Waals surface area contributed by atoms with E-state index >= 15 is 0 Å². The van der Waals surface area contributed by atoms with Crippen molar-refractivity contribution in [3.8, 4) is 11.4 Å². The summed E-state index contributed by atoms with van der Waals surface area (Å²) in [7, 11) is 1.39. The average molecular weight is 353 g/mol. The number of ether oxygens (including phenoxy) is 2. The molecule has 1 atom stereocenters. The van der Waals surface area contributed by atoms with Crippen LogP contribution in [0, 0.1) is 6.92 Å². The summed E-state index contributed by atoms with van der Waals surface area (Å²) in [6.45, 7) is 3.59. The van der Waals surface area contributed by atoms with Crippen molar-refractivity contribution in [2.45, 2.75) is 37.6 Å². The first-order valence-electron chi connectivity index (χ1n) is 7.47. The van der Waals surface area contributed by atoms with Gasteiger partial charge in [0.15, 0.2) is 11.0 Å². The molecule has 0 spiro atoms. The lowest BCUT2D eigenvalue weighted by atomic mass is 10.2. The van der Waals surface area contributed by atoms with Crippen LogP contribution in [0.25, 0.3) is 11.4 Å². The van der Waals surface area contributed by atoms with Gasteiger partial charge in [-0.15, -0.1) is 21.5 Å². The summed E-state index contributed by atoms with van der Waals surface area (Å²) in [5, 5.41) is 11.4. The number of nitrogens with zero attached hydrogens (tertiary/aromatic N) is 3. The zero-order chi connectivity index (χ0) is 16.2. The van der Waals surface area contributed by atoms with Gasteiger partial charge in [0.2, 0.25) is 0 Å². The first-order valence-corrected chi connectivity index (χ1v) is 9.34. The fourth-order valence-corrected chi connectivity index (χ4v) is 3.97. The average Bonchev–Trinajstić information content (AvgIpc) is 3.27. The zero-order valence-corrected chi connectivity index (χ0v) is 14.8. The number of hydrogen-bond acceptors (Lipinski definition) is 7. The number of carbonyl (C=O) groups is 1. The number of esters is 1. The molecule has 0 aliphatic carbocycles. The molecule has 1 fully saturated rings. The Morgan fingerprint density at radius 3 is 3.09 bits per heavy atom. The fraction of sp³-hybridized carbons (Fsp3) is 0.533. The Balaban J connectivity index is 1.85. The van der Waals surface area contributed by atoms with Crippen LogP contribution in [0.2, 0.25) is 0 Å². The molecule has 0 amide bonds. The highest BCUT2D eigenvalue weighted by Crippen LogP contribution is 2.29. The van der Waals surface area contributed by atoms with E-state index in [4.69, 9.17) is 9.47 Å². The number of thiophene rings is 1. The molecule has 0 aromatic carbocycles. The predicted molar refractivity (Wildman–Crippen MR) is 89.8 cm³/mol. The summed E-state index contributed by atoms with van der Waals surface area (Å²) in [6, 6.07) is 2.11. The van der Waals surface area contributed by atoms with E-state index in [2.05, 4.69) is 33.1 Å². The number of thioether (sulfide) groups is 1. The van der Waals surface area contributed by atoms with Crippen molar-refractivity contribution in [2.24, 2.45) is 0 Å².